The molecule has 0 saturated heterocycles. The largest absolute Gasteiger partial charge is 0.416 e. The first-order chi connectivity index (χ1) is 16.2. The minimum Gasteiger partial charge on any atom is -0.284 e. The number of aromatic nitrogens is 2. The van der Waals surface area contributed by atoms with Crippen LogP contribution < -0.4 is 11.2 Å². The Bertz CT molecular complexity index is 1530. The standard InChI is InChI=1S/C23H19F3N2O3S3/c1-27-20(29)18-19(34(31)17-7-4-10-32-17)16(11-14-5-2-3-6-15(14)23(24,25)26)33-21(18)28(22(27)30)12-13-8-9-13/h2-7,10,13H,8-9,11-12H2,1H3. The van der Waals surface area contributed by atoms with Gasteiger partial charge >= 0.3 is 11.9 Å². The van der Waals surface area contributed by atoms with Crippen LogP contribution in [-0.4, -0.2) is 13.3 Å². The number of hydrogen-bond acceptors (Lipinski definition) is 5. The molecule has 1 unspecified atom stereocenters. The van der Waals surface area contributed by atoms with Crippen molar-refractivity contribution in [2.75, 3.05) is 0 Å². The maximum Gasteiger partial charge on any atom is 0.416 e. The van der Waals surface area contributed by atoms with E-state index in [1.54, 1.807) is 17.5 Å². The van der Waals surface area contributed by atoms with Gasteiger partial charge < -0.3 is 0 Å². The first-order valence-corrected chi connectivity index (χ1v) is 13.4. The zero-order valence-electron chi connectivity index (χ0n) is 17.9. The minimum atomic E-state index is -4.55. The second kappa shape index (κ2) is 8.62. The summed E-state index contributed by atoms with van der Waals surface area (Å²) in [4.78, 5) is 27.1. The third-order valence-corrected chi connectivity index (χ3v) is 9.94. The summed E-state index contributed by atoms with van der Waals surface area (Å²) < 4.78 is 57.7. The van der Waals surface area contributed by atoms with Gasteiger partial charge in [0.15, 0.2) is 0 Å². The Morgan fingerprint density at radius 3 is 2.50 bits per heavy atom. The van der Waals surface area contributed by atoms with Crippen molar-refractivity contribution in [3.05, 3.63) is 78.6 Å². The highest BCUT2D eigenvalue weighted by molar-refractivity contribution is 7.87. The van der Waals surface area contributed by atoms with Crippen LogP contribution in [0.15, 0.2) is 60.5 Å². The van der Waals surface area contributed by atoms with E-state index in [4.69, 9.17) is 0 Å². The van der Waals surface area contributed by atoms with Crippen LogP contribution in [0.25, 0.3) is 10.2 Å². The normalized spacial score (nSPS) is 15.2. The summed E-state index contributed by atoms with van der Waals surface area (Å²) in [5.41, 5.74) is -1.80. The monoisotopic (exact) mass is 524 g/mol. The first-order valence-electron chi connectivity index (χ1n) is 10.5. The lowest BCUT2D eigenvalue weighted by atomic mass is 10.0. The smallest absolute Gasteiger partial charge is 0.284 e. The van der Waals surface area contributed by atoms with Gasteiger partial charge in [0, 0.05) is 24.9 Å². The summed E-state index contributed by atoms with van der Waals surface area (Å²) in [6.45, 7) is 0.424. The Hall–Kier alpha value is -2.50. The molecule has 0 radical (unpaired) electrons. The molecule has 0 aliphatic heterocycles. The minimum absolute atomic E-state index is 0.0268. The van der Waals surface area contributed by atoms with Crippen molar-refractivity contribution in [2.24, 2.45) is 13.0 Å². The number of fused-ring (bicyclic) bond motifs is 1. The van der Waals surface area contributed by atoms with Crippen LogP contribution in [0.3, 0.4) is 0 Å². The van der Waals surface area contributed by atoms with Gasteiger partial charge in [-0.25, -0.2) is 9.00 Å². The van der Waals surface area contributed by atoms with E-state index in [0.29, 0.717) is 26.4 Å². The molecule has 11 heteroatoms. The third-order valence-electron chi connectivity index (χ3n) is 5.87. The molecule has 0 bridgehead atoms. The van der Waals surface area contributed by atoms with Crippen LogP contribution in [0.1, 0.15) is 28.8 Å². The van der Waals surface area contributed by atoms with Crippen LogP contribution in [0.5, 0.6) is 0 Å². The molecule has 1 aliphatic rings. The number of halogens is 3. The van der Waals surface area contributed by atoms with E-state index in [1.807, 2.05) is 0 Å². The lowest BCUT2D eigenvalue weighted by Crippen LogP contribution is -2.38. The summed E-state index contributed by atoms with van der Waals surface area (Å²) in [6.07, 6.45) is -2.75. The van der Waals surface area contributed by atoms with Gasteiger partial charge in [0.25, 0.3) is 5.56 Å². The van der Waals surface area contributed by atoms with E-state index in [9.17, 15) is 27.0 Å². The predicted octanol–water partition coefficient (Wildman–Crippen LogP) is 5.01. The van der Waals surface area contributed by atoms with E-state index < -0.39 is 33.8 Å². The summed E-state index contributed by atoms with van der Waals surface area (Å²) in [5.74, 6) is 0.321. The molecular weight excluding hydrogens is 505 g/mol. The number of thiophene rings is 2. The van der Waals surface area contributed by atoms with Gasteiger partial charge in [0.05, 0.1) is 30.9 Å². The molecule has 5 rings (SSSR count). The molecule has 1 aromatic carbocycles. The molecule has 0 spiro atoms. The van der Waals surface area contributed by atoms with Gasteiger partial charge in [0.2, 0.25) is 0 Å². The fourth-order valence-electron chi connectivity index (χ4n) is 3.98. The van der Waals surface area contributed by atoms with Crippen molar-refractivity contribution >= 4 is 43.7 Å². The highest BCUT2D eigenvalue weighted by Crippen LogP contribution is 2.40. The van der Waals surface area contributed by atoms with E-state index >= 15 is 0 Å². The molecule has 1 atom stereocenters. The molecule has 34 heavy (non-hydrogen) atoms. The Morgan fingerprint density at radius 2 is 1.85 bits per heavy atom. The second-order valence-corrected chi connectivity index (χ2v) is 11.9. The number of benzene rings is 1. The summed E-state index contributed by atoms with van der Waals surface area (Å²) in [7, 11) is -0.407. The summed E-state index contributed by atoms with van der Waals surface area (Å²) in [6, 6.07) is 8.65. The molecule has 3 aromatic heterocycles. The number of rotatable bonds is 6. The molecule has 1 aliphatic carbocycles. The lowest BCUT2D eigenvalue weighted by Gasteiger charge is -2.12. The predicted molar refractivity (Wildman–Crippen MR) is 127 cm³/mol. The van der Waals surface area contributed by atoms with Crippen LogP contribution in [0, 0.1) is 5.92 Å². The average Bonchev–Trinajstić information content (AvgIpc) is 3.30. The van der Waals surface area contributed by atoms with E-state index in [-0.39, 0.29) is 22.3 Å². The van der Waals surface area contributed by atoms with Crippen LogP contribution in [0.2, 0.25) is 0 Å². The van der Waals surface area contributed by atoms with Crippen LogP contribution in [-0.2, 0) is 37.0 Å². The van der Waals surface area contributed by atoms with Gasteiger partial charge in [0.1, 0.15) is 4.83 Å². The summed E-state index contributed by atoms with van der Waals surface area (Å²) >= 11 is 2.34. The van der Waals surface area contributed by atoms with Crippen LogP contribution >= 0.6 is 22.7 Å². The fourth-order valence-corrected chi connectivity index (χ4v) is 7.87. The van der Waals surface area contributed by atoms with Gasteiger partial charge in [-0.15, -0.1) is 22.7 Å². The van der Waals surface area contributed by atoms with Gasteiger partial charge in [-0.1, -0.05) is 24.3 Å². The second-order valence-electron chi connectivity index (χ2n) is 8.27. The average molecular weight is 525 g/mol. The zero-order chi connectivity index (χ0) is 24.2. The highest BCUT2D eigenvalue weighted by Gasteiger charge is 2.34. The van der Waals surface area contributed by atoms with E-state index in [2.05, 4.69) is 0 Å². The number of hydrogen-bond donors (Lipinski definition) is 0. The van der Waals surface area contributed by atoms with Gasteiger partial charge in [-0.05, 0) is 41.8 Å². The Morgan fingerprint density at radius 1 is 1.12 bits per heavy atom. The Kier molecular flexibility index (Phi) is 5.89. The number of nitrogens with zero attached hydrogens (tertiary/aromatic N) is 2. The van der Waals surface area contributed by atoms with Crippen LogP contribution in [0.4, 0.5) is 13.2 Å². The molecule has 1 fully saturated rings. The SMILES string of the molecule is Cn1c(=O)c2c(S(=O)c3cccs3)c(Cc3ccccc3C(F)(F)F)sc2n(CC2CC2)c1=O. The first kappa shape index (κ1) is 23.3. The fraction of sp³-hybridized carbons (Fsp3) is 0.304. The molecule has 1 saturated carbocycles. The topological polar surface area (TPSA) is 61.1 Å². The van der Waals surface area contributed by atoms with E-state index in [0.717, 1.165) is 34.8 Å². The zero-order valence-corrected chi connectivity index (χ0v) is 20.4. The highest BCUT2D eigenvalue weighted by atomic mass is 32.2. The third kappa shape index (κ3) is 4.09. The molecule has 3 heterocycles. The lowest BCUT2D eigenvalue weighted by molar-refractivity contribution is -0.138. The van der Waals surface area contributed by atoms with E-state index in [1.165, 1.54) is 41.2 Å². The molecule has 178 valence electrons. The molecule has 4 aromatic rings. The number of alkyl halides is 3. The molecule has 0 N–H and O–H groups in total. The maximum absolute atomic E-state index is 13.7. The molecule has 5 nitrogen and oxygen atoms in total. The Balaban J connectivity index is 1.79. The summed E-state index contributed by atoms with van der Waals surface area (Å²) in [5, 5.41) is 1.90. The maximum atomic E-state index is 13.7. The van der Waals surface area contributed by atoms with Gasteiger partial charge in [-0.2, -0.15) is 13.2 Å². The van der Waals surface area contributed by atoms with Crippen molar-refractivity contribution in [1.82, 2.24) is 9.13 Å². The molecule has 0 amide bonds. The Labute approximate surface area is 202 Å². The van der Waals surface area contributed by atoms with Crippen molar-refractivity contribution < 1.29 is 17.4 Å². The van der Waals surface area contributed by atoms with Crippen molar-refractivity contribution in [1.29, 1.82) is 0 Å². The van der Waals surface area contributed by atoms with Crippen molar-refractivity contribution in [3.63, 3.8) is 0 Å². The van der Waals surface area contributed by atoms with Crippen molar-refractivity contribution in [2.45, 2.75) is 41.1 Å². The quantitative estimate of drug-likeness (QED) is 0.356. The molecular formula is C23H19F3N2O3S3. The van der Waals surface area contributed by atoms with Gasteiger partial charge in [-0.3, -0.25) is 13.9 Å². The van der Waals surface area contributed by atoms with Crippen molar-refractivity contribution in [3.8, 4) is 0 Å².